The number of rotatable bonds is 4. The van der Waals surface area contributed by atoms with Crippen LogP contribution in [0.3, 0.4) is 0 Å². The summed E-state index contributed by atoms with van der Waals surface area (Å²) < 4.78 is 31.5. The minimum absolute atomic E-state index is 0.193. The van der Waals surface area contributed by atoms with E-state index in [9.17, 15) is 9.18 Å². The van der Waals surface area contributed by atoms with Crippen molar-refractivity contribution < 1.29 is 18.4 Å². The van der Waals surface area contributed by atoms with Crippen LogP contribution in [0.25, 0.3) is 17.0 Å². The number of benzene rings is 1. The van der Waals surface area contributed by atoms with Crippen LogP contribution >= 0.6 is 0 Å². The highest BCUT2D eigenvalue weighted by molar-refractivity contribution is 6.54. The van der Waals surface area contributed by atoms with E-state index in [2.05, 4.69) is 4.98 Å². The first-order valence-electron chi connectivity index (χ1n) is 8.65. The van der Waals surface area contributed by atoms with E-state index in [0.717, 1.165) is 11.5 Å². The molecule has 7 heteroatoms. The van der Waals surface area contributed by atoms with Gasteiger partial charge in [0.25, 0.3) is 5.56 Å². The molecule has 1 aromatic heterocycles. The zero-order valence-electron chi connectivity index (χ0n) is 15.7. The van der Waals surface area contributed by atoms with Crippen LogP contribution in [0, 0.1) is 0 Å². The summed E-state index contributed by atoms with van der Waals surface area (Å²) in [5, 5.41) is 0.753. The van der Waals surface area contributed by atoms with Crippen LogP contribution in [0.4, 0.5) is 4.39 Å². The topological polar surface area (TPSA) is 60.6 Å². The van der Waals surface area contributed by atoms with Crippen molar-refractivity contribution in [3.8, 4) is 5.75 Å². The number of fused-ring (bicyclic) bond motifs is 1. The van der Waals surface area contributed by atoms with Gasteiger partial charge < -0.3 is 19.0 Å². The second kappa shape index (κ2) is 6.56. The van der Waals surface area contributed by atoms with E-state index in [1.54, 1.807) is 24.3 Å². The Bertz CT molecular complexity index is 903. The van der Waals surface area contributed by atoms with Gasteiger partial charge in [0.15, 0.2) is 0 Å². The maximum Gasteiger partial charge on any atom is 0.525 e. The minimum atomic E-state index is -1.13. The van der Waals surface area contributed by atoms with Gasteiger partial charge in [0.2, 0.25) is 0 Å². The molecule has 2 aromatic rings. The summed E-state index contributed by atoms with van der Waals surface area (Å²) in [4.78, 5) is 15.0. The Hall–Kier alpha value is -2.12. The third-order valence-corrected chi connectivity index (χ3v) is 4.93. The van der Waals surface area contributed by atoms with Crippen LogP contribution in [0.15, 0.2) is 34.8 Å². The van der Waals surface area contributed by atoms with E-state index in [4.69, 9.17) is 14.0 Å². The number of aromatic nitrogens is 1. The molecule has 1 N–H and O–H groups in total. The molecule has 1 saturated heterocycles. The molecule has 1 aliphatic rings. The zero-order chi connectivity index (χ0) is 19.1. The highest BCUT2D eigenvalue weighted by atomic mass is 19.1. The van der Waals surface area contributed by atoms with Crippen molar-refractivity contribution in [3.05, 3.63) is 45.9 Å². The molecule has 0 amide bonds. The van der Waals surface area contributed by atoms with Gasteiger partial charge in [0, 0.05) is 16.5 Å². The minimum Gasteiger partial charge on any atom is -0.494 e. The number of ether oxygens (including phenoxy) is 1. The van der Waals surface area contributed by atoms with Gasteiger partial charge in [0.1, 0.15) is 11.5 Å². The van der Waals surface area contributed by atoms with Gasteiger partial charge in [0.05, 0.1) is 17.8 Å². The number of H-pyrrole nitrogens is 1. The van der Waals surface area contributed by atoms with Crippen LogP contribution in [-0.4, -0.2) is 29.9 Å². The van der Waals surface area contributed by atoms with E-state index in [1.165, 1.54) is 0 Å². The monoisotopic (exact) mass is 359 g/mol. The summed E-state index contributed by atoms with van der Waals surface area (Å²) in [5.41, 5.74) is -1.47. The van der Waals surface area contributed by atoms with Crippen LogP contribution in [0.5, 0.6) is 5.75 Å². The van der Waals surface area contributed by atoms with Crippen molar-refractivity contribution in [2.75, 3.05) is 6.61 Å². The van der Waals surface area contributed by atoms with Gasteiger partial charge in [-0.1, -0.05) is 0 Å². The Morgan fingerprint density at radius 1 is 1.23 bits per heavy atom. The molecule has 138 valence electrons. The van der Waals surface area contributed by atoms with Crippen LogP contribution in [0.1, 0.15) is 40.2 Å². The first kappa shape index (κ1) is 18.7. The van der Waals surface area contributed by atoms with Crippen molar-refractivity contribution in [3.63, 3.8) is 0 Å². The summed E-state index contributed by atoms with van der Waals surface area (Å²) in [6.07, 6.45) is 1.16. The maximum absolute atomic E-state index is 14.7. The number of aromatic amines is 1. The molecule has 5 nitrogen and oxygen atoms in total. The molecule has 1 aliphatic heterocycles. The fourth-order valence-corrected chi connectivity index (χ4v) is 2.74. The van der Waals surface area contributed by atoms with Gasteiger partial charge in [-0.3, -0.25) is 4.79 Å². The highest BCUT2D eigenvalue weighted by Crippen LogP contribution is 2.39. The Labute approximate surface area is 152 Å². The largest absolute Gasteiger partial charge is 0.525 e. The Kier molecular flexibility index (Phi) is 4.71. The van der Waals surface area contributed by atoms with Crippen LogP contribution < -0.4 is 10.3 Å². The summed E-state index contributed by atoms with van der Waals surface area (Å²) in [6, 6.07) is 6.97. The van der Waals surface area contributed by atoms with Crippen molar-refractivity contribution in [2.45, 2.75) is 45.8 Å². The zero-order valence-corrected chi connectivity index (χ0v) is 15.7. The molecule has 0 saturated carbocycles. The first-order chi connectivity index (χ1) is 12.1. The molecule has 0 unspecified atom stereocenters. The third-order valence-electron chi connectivity index (χ3n) is 4.93. The van der Waals surface area contributed by atoms with Gasteiger partial charge in [-0.05, 0) is 65.0 Å². The summed E-state index contributed by atoms with van der Waals surface area (Å²) in [5.74, 6) is 0.688. The average molecular weight is 359 g/mol. The van der Waals surface area contributed by atoms with Crippen LogP contribution in [-0.2, 0) is 9.31 Å². The normalized spacial score (nSPS) is 19.2. The molecule has 0 radical (unpaired) electrons. The molecule has 1 aromatic carbocycles. The van der Waals surface area contributed by atoms with Crippen molar-refractivity contribution in [2.24, 2.45) is 0 Å². The molecule has 0 atom stereocenters. The first-order valence-corrected chi connectivity index (χ1v) is 8.65. The Morgan fingerprint density at radius 3 is 2.50 bits per heavy atom. The van der Waals surface area contributed by atoms with Gasteiger partial charge >= 0.3 is 7.12 Å². The molecular formula is C19H23BFNO4. The SMILES string of the molecule is CCOc1ccc2[nH]c(=O)c(C=C(F)B3OC(C)(C)C(C)(C)O3)cc2c1. The van der Waals surface area contributed by atoms with Crippen molar-refractivity contribution in [1.82, 2.24) is 4.98 Å². The van der Waals surface area contributed by atoms with E-state index in [0.29, 0.717) is 17.9 Å². The summed E-state index contributed by atoms with van der Waals surface area (Å²) >= 11 is 0. The predicted molar refractivity (Wildman–Crippen MR) is 101 cm³/mol. The highest BCUT2D eigenvalue weighted by Gasteiger charge is 2.53. The third kappa shape index (κ3) is 3.41. The molecule has 0 aliphatic carbocycles. The number of hydrogen-bond acceptors (Lipinski definition) is 4. The molecule has 0 spiro atoms. The van der Waals surface area contributed by atoms with E-state index < -0.39 is 24.0 Å². The lowest BCUT2D eigenvalue weighted by Crippen LogP contribution is -2.41. The Morgan fingerprint density at radius 2 is 1.88 bits per heavy atom. The van der Waals surface area contributed by atoms with Gasteiger partial charge in [-0.25, -0.2) is 4.39 Å². The number of pyridine rings is 1. The second-order valence-electron chi connectivity index (χ2n) is 7.35. The molecule has 2 heterocycles. The van der Waals surface area contributed by atoms with E-state index >= 15 is 0 Å². The molecule has 3 rings (SSSR count). The van der Waals surface area contributed by atoms with Gasteiger partial charge in [-0.15, -0.1) is 0 Å². The molecular weight excluding hydrogens is 336 g/mol. The molecule has 0 bridgehead atoms. The second-order valence-corrected chi connectivity index (χ2v) is 7.35. The molecule has 1 fully saturated rings. The summed E-state index contributed by atoms with van der Waals surface area (Å²) in [6.45, 7) is 9.82. The smallest absolute Gasteiger partial charge is 0.494 e. The Balaban J connectivity index is 1.95. The standard InChI is InChI=1S/C19H23BFNO4/c1-6-24-14-7-8-15-12(10-14)9-13(17(23)22-15)11-16(21)20-25-18(2,3)19(4,5)26-20/h7-11H,6H2,1-5H3,(H,22,23). The number of halogens is 1. The lowest BCUT2D eigenvalue weighted by Gasteiger charge is -2.32. The van der Waals surface area contributed by atoms with Crippen LogP contribution in [0.2, 0.25) is 0 Å². The van der Waals surface area contributed by atoms with Crippen molar-refractivity contribution >= 4 is 24.1 Å². The fourth-order valence-electron chi connectivity index (χ4n) is 2.74. The van der Waals surface area contributed by atoms with E-state index in [-0.39, 0.29) is 11.1 Å². The lowest BCUT2D eigenvalue weighted by molar-refractivity contribution is 0.00578. The van der Waals surface area contributed by atoms with Gasteiger partial charge in [-0.2, -0.15) is 0 Å². The number of hydrogen-bond donors (Lipinski definition) is 1. The summed E-state index contributed by atoms with van der Waals surface area (Å²) in [7, 11) is -1.13. The number of nitrogens with one attached hydrogen (secondary N) is 1. The van der Waals surface area contributed by atoms with Crippen molar-refractivity contribution in [1.29, 1.82) is 0 Å². The predicted octanol–water partition coefficient (Wildman–Crippen LogP) is 3.87. The lowest BCUT2D eigenvalue weighted by atomic mass is 9.87. The fraction of sp³-hybridized carbons (Fsp3) is 0.421. The average Bonchev–Trinajstić information content (AvgIpc) is 2.77. The molecule has 26 heavy (non-hydrogen) atoms. The maximum atomic E-state index is 14.7. The quantitative estimate of drug-likeness (QED) is 0.842. The van der Waals surface area contributed by atoms with E-state index in [1.807, 2.05) is 34.6 Å².